The van der Waals surface area contributed by atoms with Gasteiger partial charge in [0.05, 0.1) is 16.6 Å². The average molecular weight is 478 g/mol. The molecule has 9 heteroatoms. The van der Waals surface area contributed by atoms with E-state index >= 15 is 0 Å². The number of piperazine rings is 1. The van der Waals surface area contributed by atoms with Gasteiger partial charge in [0.1, 0.15) is 4.83 Å². The number of halogens is 2. The molecule has 2 aromatic rings. The highest BCUT2D eigenvalue weighted by atomic mass is 32.1. The number of rotatable bonds is 5. The lowest BCUT2D eigenvalue weighted by Gasteiger charge is -2.46. The standard InChI is InChI=1S/C24H33F2N5OS/c1-15-20-14-21(33-23(20)31(28-15)18-4-6-24(25,26)7-5-18)22(32)27-16-12-19(13-16)30-10-8-29(9-11-30)17-2-3-17/h14,16-19H,2-13H2,1H3,(H,27,32). The van der Waals surface area contributed by atoms with E-state index in [2.05, 4.69) is 20.2 Å². The molecular formula is C24H33F2N5OS. The van der Waals surface area contributed by atoms with E-state index < -0.39 is 5.92 Å². The number of fused-ring (bicyclic) bond motifs is 1. The summed E-state index contributed by atoms with van der Waals surface area (Å²) < 4.78 is 29.1. The van der Waals surface area contributed by atoms with Crippen LogP contribution in [0.3, 0.4) is 0 Å². The van der Waals surface area contributed by atoms with E-state index in [1.54, 1.807) is 0 Å². The van der Waals surface area contributed by atoms with Gasteiger partial charge in [-0.3, -0.25) is 19.3 Å². The smallest absolute Gasteiger partial charge is 0.261 e. The third-order valence-corrected chi connectivity index (χ3v) is 9.32. The number of aryl methyl sites for hydroxylation is 1. The fraction of sp³-hybridized carbons (Fsp3) is 0.750. The predicted octanol–water partition coefficient (Wildman–Crippen LogP) is 4.20. The molecule has 0 spiro atoms. The molecule has 3 heterocycles. The van der Waals surface area contributed by atoms with Crippen molar-refractivity contribution in [3.8, 4) is 0 Å². The lowest BCUT2D eigenvalue weighted by atomic mass is 9.85. The summed E-state index contributed by atoms with van der Waals surface area (Å²) in [4.78, 5) is 19.8. The molecule has 3 aliphatic carbocycles. The average Bonchev–Trinajstić information content (AvgIpc) is 3.44. The van der Waals surface area contributed by atoms with Crippen LogP contribution >= 0.6 is 11.3 Å². The zero-order valence-corrected chi connectivity index (χ0v) is 20.0. The molecule has 33 heavy (non-hydrogen) atoms. The number of carbonyl (C=O) groups excluding carboxylic acids is 1. The van der Waals surface area contributed by atoms with Gasteiger partial charge in [-0.05, 0) is 51.5 Å². The number of hydrogen-bond donors (Lipinski definition) is 1. The van der Waals surface area contributed by atoms with Crippen LogP contribution in [-0.2, 0) is 0 Å². The van der Waals surface area contributed by atoms with Crippen molar-refractivity contribution in [3.63, 3.8) is 0 Å². The van der Waals surface area contributed by atoms with Gasteiger partial charge in [0.15, 0.2) is 0 Å². The lowest BCUT2D eigenvalue weighted by Crippen LogP contribution is -2.58. The molecule has 0 aromatic carbocycles. The SMILES string of the molecule is Cc1nn(C2CCC(F)(F)CC2)c2sc(C(=O)NC3CC(N4CCN(C5CC5)CC4)C3)cc12. The van der Waals surface area contributed by atoms with Crippen LogP contribution in [-0.4, -0.2) is 75.7 Å². The first kappa shape index (κ1) is 21.9. The summed E-state index contributed by atoms with van der Waals surface area (Å²) in [5, 5.41) is 8.83. The van der Waals surface area contributed by atoms with Gasteiger partial charge in [-0.15, -0.1) is 11.3 Å². The van der Waals surface area contributed by atoms with Gasteiger partial charge in [0.2, 0.25) is 5.92 Å². The van der Waals surface area contributed by atoms with Crippen LogP contribution in [0.15, 0.2) is 6.07 Å². The number of aromatic nitrogens is 2. The third kappa shape index (κ3) is 4.32. The number of thiophene rings is 1. The second-order valence-corrected chi connectivity index (χ2v) is 11.6. The number of nitrogens with one attached hydrogen (secondary N) is 1. The molecule has 4 aliphatic rings. The van der Waals surface area contributed by atoms with Gasteiger partial charge in [0, 0.05) is 62.5 Å². The Morgan fingerprint density at radius 1 is 1.03 bits per heavy atom. The predicted molar refractivity (Wildman–Crippen MR) is 125 cm³/mol. The minimum absolute atomic E-state index is 0.0110. The molecule has 1 N–H and O–H groups in total. The van der Waals surface area contributed by atoms with Gasteiger partial charge >= 0.3 is 0 Å². The van der Waals surface area contributed by atoms with Crippen molar-refractivity contribution in [1.29, 1.82) is 0 Å². The van der Waals surface area contributed by atoms with Crippen LogP contribution < -0.4 is 5.32 Å². The summed E-state index contributed by atoms with van der Waals surface area (Å²) in [5.41, 5.74) is 0.867. The summed E-state index contributed by atoms with van der Waals surface area (Å²) in [5.74, 6) is -2.57. The summed E-state index contributed by atoms with van der Waals surface area (Å²) in [6, 6.07) is 3.62. The van der Waals surface area contributed by atoms with Crippen molar-refractivity contribution >= 4 is 27.5 Å². The lowest BCUT2D eigenvalue weighted by molar-refractivity contribution is -0.0445. The van der Waals surface area contributed by atoms with Gasteiger partial charge in [-0.1, -0.05) is 0 Å². The van der Waals surface area contributed by atoms with Gasteiger partial charge in [-0.25, -0.2) is 8.78 Å². The second-order valence-electron chi connectivity index (χ2n) is 10.5. The minimum Gasteiger partial charge on any atom is -0.348 e. The third-order valence-electron chi connectivity index (χ3n) is 8.20. The molecule has 180 valence electrons. The molecule has 0 bridgehead atoms. The Morgan fingerprint density at radius 3 is 2.30 bits per heavy atom. The van der Waals surface area contributed by atoms with Crippen molar-refractivity contribution in [1.82, 2.24) is 24.9 Å². The van der Waals surface area contributed by atoms with Crippen LogP contribution in [0.2, 0.25) is 0 Å². The first-order chi connectivity index (χ1) is 15.9. The number of hydrogen-bond acceptors (Lipinski definition) is 5. The van der Waals surface area contributed by atoms with Crippen LogP contribution in [0.4, 0.5) is 8.78 Å². The van der Waals surface area contributed by atoms with E-state index in [1.807, 2.05) is 17.7 Å². The van der Waals surface area contributed by atoms with Crippen molar-refractivity contribution in [2.24, 2.45) is 0 Å². The van der Waals surface area contributed by atoms with Crippen molar-refractivity contribution in [2.75, 3.05) is 26.2 Å². The van der Waals surface area contributed by atoms with Crippen molar-refractivity contribution in [3.05, 3.63) is 16.6 Å². The molecule has 2 aromatic heterocycles. The molecular weight excluding hydrogens is 444 g/mol. The Balaban J connectivity index is 1.05. The second kappa shape index (κ2) is 8.27. The molecule has 0 radical (unpaired) electrons. The minimum atomic E-state index is -2.55. The van der Waals surface area contributed by atoms with E-state index in [4.69, 9.17) is 0 Å². The molecule has 3 saturated carbocycles. The van der Waals surface area contributed by atoms with Crippen molar-refractivity contribution < 1.29 is 13.6 Å². The fourth-order valence-corrected chi connectivity index (χ4v) is 7.00. The van der Waals surface area contributed by atoms with E-state index in [1.165, 1.54) is 37.3 Å². The molecule has 6 rings (SSSR count). The fourth-order valence-electron chi connectivity index (χ4n) is 5.87. The summed E-state index contributed by atoms with van der Waals surface area (Å²) in [7, 11) is 0. The van der Waals surface area contributed by atoms with Gasteiger partial charge in [0.25, 0.3) is 5.91 Å². The maximum absolute atomic E-state index is 13.6. The zero-order valence-electron chi connectivity index (χ0n) is 19.2. The number of nitrogens with zero attached hydrogens (tertiary/aromatic N) is 4. The van der Waals surface area contributed by atoms with Crippen LogP contribution in [0.1, 0.15) is 72.8 Å². The van der Waals surface area contributed by atoms with Crippen molar-refractivity contribution in [2.45, 2.75) is 88.4 Å². The highest BCUT2D eigenvalue weighted by Gasteiger charge is 2.39. The molecule has 0 atom stereocenters. The Labute approximate surface area is 197 Å². The highest BCUT2D eigenvalue weighted by Crippen LogP contribution is 2.41. The van der Waals surface area contributed by atoms with Crippen LogP contribution in [0.5, 0.6) is 0 Å². The number of alkyl halides is 2. The van der Waals surface area contributed by atoms with Crippen LogP contribution in [0.25, 0.3) is 10.2 Å². The molecule has 0 unspecified atom stereocenters. The van der Waals surface area contributed by atoms with Gasteiger partial charge in [-0.2, -0.15) is 5.10 Å². The van der Waals surface area contributed by atoms with E-state index in [-0.39, 0.29) is 30.8 Å². The molecule has 4 fully saturated rings. The Kier molecular flexibility index (Phi) is 5.49. The van der Waals surface area contributed by atoms with Crippen LogP contribution in [0, 0.1) is 6.92 Å². The normalized spacial score (nSPS) is 29.3. The first-order valence-corrected chi connectivity index (χ1v) is 13.3. The quantitative estimate of drug-likeness (QED) is 0.702. The Morgan fingerprint density at radius 2 is 1.67 bits per heavy atom. The first-order valence-electron chi connectivity index (χ1n) is 12.5. The maximum atomic E-state index is 13.6. The topological polar surface area (TPSA) is 53.4 Å². The van der Waals surface area contributed by atoms with Gasteiger partial charge < -0.3 is 5.32 Å². The number of amides is 1. The number of carbonyl (C=O) groups is 1. The highest BCUT2D eigenvalue weighted by molar-refractivity contribution is 7.20. The van der Waals surface area contributed by atoms with E-state index in [0.717, 1.165) is 47.9 Å². The largest absolute Gasteiger partial charge is 0.348 e. The Bertz CT molecular complexity index is 1020. The molecule has 1 amide bonds. The molecule has 6 nitrogen and oxygen atoms in total. The Hall–Kier alpha value is -1.58. The molecule has 1 saturated heterocycles. The molecule has 1 aliphatic heterocycles. The summed E-state index contributed by atoms with van der Waals surface area (Å²) in [6.07, 6.45) is 5.51. The van der Waals surface area contributed by atoms with E-state index in [0.29, 0.717) is 23.8 Å². The summed E-state index contributed by atoms with van der Waals surface area (Å²) in [6.45, 7) is 6.62. The zero-order chi connectivity index (χ0) is 22.7. The van der Waals surface area contributed by atoms with E-state index in [9.17, 15) is 13.6 Å². The maximum Gasteiger partial charge on any atom is 0.261 e. The monoisotopic (exact) mass is 477 g/mol. The summed E-state index contributed by atoms with van der Waals surface area (Å²) >= 11 is 1.45.